The average molecular weight is 236 g/mol. The maximum atomic E-state index is 11.2. The summed E-state index contributed by atoms with van der Waals surface area (Å²) >= 11 is 0. The van der Waals surface area contributed by atoms with E-state index in [-0.39, 0.29) is 11.9 Å². The first-order valence-electron chi connectivity index (χ1n) is 5.81. The van der Waals surface area contributed by atoms with Gasteiger partial charge in [-0.1, -0.05) is 0 Å². The topological polar surface area (TPSA) is 35.5 Å². The van der Waals surface area contributed by atoms with Crippen LogP contribution in [0, 0.1) is 6.92 Å². The minimum absolute atomic E-state index is 0.0760. The molecule has 1 atom stereocenters. The van der Waals surface area contributed by atoms with Crippen LogP contribution in [0.15, 0.2) is 18.2 Å². The van der Waals surface area contributed by atoms with Gasteiger partial charge in [0.25, 0.3) is 0 Å². The molecule has 3 heteroatoms. The molecule has 0 saturated heterocycles. The van der Waals surface area contributed by atoms with Crippen LogP contribution in [-0.4, -0.2) is 25.6 Å². The molecule has 0 spiro atoms. The van der Waals surface area contributed by atoms with Gasteiger partial charge in [0.15, 0.2) is 5.78 Å². The number of carbonyl (C=O) groups is 1. The smallest absolute Gasteiger partial charge is 0.159 e. The van der Waals surface area contributed by atoms with E-state index in [0.29, 0.717) is 6.61 Å². The largest absolute Gasteiger partial charge is 0.490 e. The lowest BCUT2D eigenvalue weighted by Crippen LogP contribution is -2.14. The van der Waals surface area contributed by atoms with Gasteiger partial charge >= 0.3 is 0 Å². The Morgan fingerprint density at radius 2 is 2.12 bits per heavy atom. The number of benzene rings is 1. The molecule has 1 aromatic carbocycles. The van der Waals surface area contributed by atoms with Crippen LogP contribution in [0.25, 0.3) is 0 Å². The van der Waals surface area contributed by atoms with E-state index in [4.69, 9.17) is 9.47 Å². The highest BCUT2D eigenvalue weighted by Gasteiger charge is 2.08. The average Bonchev–Trinajstić information content (AvgIpc) is 2.28. The fourth-order valence-electron chi connectivity index (χ4n) is 1.56. The molecule has 1 rings (SSSR count). The highest BCUT2D eigenvalue weighted by molar-refractivity contribution is 5.94. The van der Waals surface area contributed by atoms with Crippen LogP contribution >= 0.6 is 0 Å². The van der Waals surface area contributed by atoms with Crippen molar-refractivity contribution in [3.05, 3.63) is 29.3 Å². The number of aryl methyl sites for hydroxylation is 1. The Balaban J connectivity index is 2.69. The predicted molar refractivity (Wildman–Crippen MR) is 67.8 cm³/mol. The number of ketones is 1. The number of Topliss-reactive ketones (excluding diaryl/α,β-unsaturated/α-hetero) is 1. The van der Waals surface area contributed by atoms with Crippen LogP contribution in [0.1, 0.15) is 36.2 Å². The van der Waals surface area contributed by atoms with Gasteiger partial charge < -0.3 is 9.47 Å². The Morgan fingerprint density at radius 1 is 1.41 bits per heavy atom. The van der Waals surface area contributed by atoms with Crippen LogP contribution in [0.3, 0.4) is 0 Å². The molecule has 0 bridgehead atoms. The number of rotatable bonds is 6. The summed E-state index contributed by atoms with van der Waals surface area (Å²) in [5.74, 6) is 0.908. The Hall–Kier alpha value is -1.35. The molecule has 0 fully saturated rings. The Kier molecular flexibility index (Phi) is 5.16. The molecular weight excluding hydrogens is 216 g/mol. The second-order valence-electron chi connectivity index (χ2n) is 4.25. The van der Waals surface area contributed by atoms with Gasteiger partial charge in [0.1, 0.15) is 5.75 Å². The standard InChI is InChI=1S/C14H20O3/c1-10-9-13(12(3)15)5-6-14(10)17-11(2)7-8-16-4/h5-6,9,11H,7-8H2,1-4H3. The van der Waals surface area contributed by atoms with Gasteiger partial charge in [0.2, 0.25) is 0 Å². The van der Waals surface area contributed by atoms with Gasteiger partial charge in [0, 0.05) is 25.7 Å². The minimum atomic E-state index is 0.0760. The molecule has 94 valence electrons. The van der Waals surface area contributed by atoms with Gasteiger partial charge in [-0.2, -0.15) is 0 Å². The molecule has 0 N–H and O–H groups in total. The van der Waals surface area contributed by atoms with Crippen LogP contribution < -0.4 is 4.74 Å². The molecule has 0 aromatic heterocycles. The summed E-state index contributed by atoms with van der Waals surface area (Å²) in [5, 5.41) is 0. The quantitative estimate of drug-likeness (QED) is 0.712. The van der Waals surface area contributed by atoms with E-state index in [1.807, 2.05) is 26.0 Å². The fraction of sp³-hybridized carbons (Fsp3) is 0.500. The molecule has 0 amide bonds. The lowest BCUT2D eigenvalue weighted by atomic mass is 10.1. The first kappa shape index (κ1) is 13.7. The van der Waals surface area contributed by atoms with E-state index in [9.17, 15) is 4.79 Å². The second kappa shape index (κ2) is 6.40. The van der Waals surface area contributed by atoms with Gasteiger partial charge in [-0.25, -0.2) is 0 Å². The summed E-state index contributed by atoms with van der Waals surface area (Å²) in [6, 6.07) is 5.52. The summed E-state index contributed by atoms with van der Waals surface area (Å²) in [6.45, 7) is 6.21. The zero-order valence-corrected chi connectivity index (χ0v) is 10.9. The molecule has 17 heavy (non-hydrogen) atoms. The zero-order chi connectivity index (χ0) is 12.8. The third kappa shape index (κ3) is 4.19. The van der Waals surface area contributed by atoms with E-state index >= 15 is 0 Å². The van der Waals surface area contributed by atoms with Crippen molar-refractivity contribution < 1.29 is 14.3 Å². The van der Waals surface area contributed by atoms with Crippen molar-refractivity contribution >= 4 is 5.78 Å². The normalized spacial score (nSPS) is 12.2. The van der Waals surface area contributed by atoms with Crippen molar-refractivity contribution in [3.63, 3.8) is 0 Å². The van der Waals surface area contributed by atoms with Gasteiger partial charge in [0.05, 0.1) is 6.10 Å². The molecule has 0 radical (unpaired) electrons. The Bertz CT molecular complexity index is 385. The monoisotopic (exact) mass is 236 g/mol. The van der Waals surface area contributed by atoms with Crippen molar-refractivity contribution in [1.82, 2.24) is 0 Å². The first-order valence-corrected chi connectivity index (χ1v) is 5.81. The van der Waals surface area contributed by atoms with Crippen LogP contribution in [0.2, 0.25) is 0 Å². The van der Waals surface area contributed by atoms with Crippen molar-refractivity contribution in [2.75, 3.05) is 13.7 Å². The number of hydrogen-bond donors (Lipinski definition) is 0. The van der Waals surface area contributed by atoms with Crippen LogP contribution in [0.4, 0.5) is 0 Å². The Labute approximate surface area is 103 Å². The third-order valence-electron chi connectivity index (χ3n) is 2.64. The first-order chi connectivity index (χ1) is 8.04. The number of carbonyl (C=O) groups excluding carboxylic acids is 1. The van der Waals surface area contributed by atoms with Crippen LogP contribution in [-0.2, 0) is 4.74 Å². The molecule has 0 aliphatic rings. The fourth-order valence-corrected chi connectivity index (χ4v) is 1.56. The molecular formula is C14H20O3. The summed E-state index contributed by atoms with van der Waals surface area (Å²) in [4.78, 5) is 11.2. The van der Waals surface area contributed by atoms with Crippen LogP contribution in [0.5, 0.6) is 5.75 Å². The van der Waals surface area contributed by atoms with E-state index in [1.54, 1.807) is 20.1 Å². The van der Waals surface area contributed by atoms with Crippen molar-refractivity contribution in [3.8, 4) is 5.75 Å². The molecule has 1 unspecified atom stereocenters. The highest BCUT2D eigenvalue weighted by Crippen LogP contribution is 2.21. The summed E-state index contributed by atoms with van der Waals surface area (Å²) in [5.41, 5.74) is 1.71. The number of ether oxygens (including phenoxy) is 2. The molecule has 0 heterocycles. The summed E-state index contributed by atoms with van der Waals surface area (Å²) in [6.07, 6.45) is 0.960. The van der Waals surface area contributed by atoms with Crippen molar-refractivity contribution in [2.24, 2.45) is 0 Å². The van der Waals surface area contributed by atoms with E-state index in [0.717, 1.165) is 23.3 Å². The molecule has 1 aromatic rings. The summed E-state index contributed by atoms with van der Waals surface area (Å²) in [7, 11) is 1.68. The molecule has 0 aliphatic carbocycles. The maximum Gasteiger partial charge on any atom is 0.159 e. The predicted octanol–water partition coefficient (Wildman–Crippen LogP) is 3.00. The van der Waals surface area contributed by atoms with Gasteiger partial charge in [-0.05, 0) is 44.5 Å². The lowest BCUT2D eigenvalue weighted by Gasteiger charge is -2.16. The second-order valence-corrected chi connectivity index (χ2v) is 4.25. The molecule has 3 nitrogen and oxygen atoms in total. The van der Waals surface area contributed by atoms with Gasteiger partial charge in [-0.3, -0.25) is 4.79 Å². The SMILES string of the molecule is COCCC(C)Oc1ccc(C(C)=O)cc1C. The summed E-state index contributed by atoms with van der Waals surface area (Å²) < 4.78 is 10.8. The number of hydrogen-bond acceptors (Lipinski definition) is 3. The van der Waals surface area contributed by atoms with Crippen molar-refractivity contribution in [2.45, 2.75) is 33.3 Å². The Morgan fingerprint density at radius 3 is 2.65 bits per heavy atom. The minimum Gasteiger partial charge on any atom is -0.490 e. The van der Waals surface area contributed by atoms with E-state index in [1.165, 1.54) is 0 Å². The molecule has 0 aliphatic heterocycles. The van der Waals surface area contributed by atoms with E-state index in [2.05, 4.69) is 0 Å². The number of methoxy groups -OCH3 is 1. The maximum absolute atomic E-state index is 11.2. The van der Waals surface area contributed by atoms with E-state index < -0.39 is 0 Å². The molecule has 0 saturated carbocycles. The highest BCUT2D eigenvalue weighted by atomic mass is 16.5. The van der Waals surface area contributed by atoms with Crippen molar-refractivity contribution in [1.29, 1.82) is 0 Å². The third-order valence-corrected chi connectivity index (χ3v) is 2.64. The lowest BCUT2D eigenvalue weighted by molar-refractivity contribution is 0.101. The van der Waals surface area contributed by atoms with Gasteiger partial charge in [-0.15, -0.1) is 0 Å². The zero-order valence-electron chi connectivity index (χ0n) is 10.9.